The minimum absolute atomic E-state index is 0.108. The molecule has 4 N–H and O–H groups in total. The molecule has 1 aliphatic carbocycles. The van der Waals surface area contributed by atoms with Crippen molar-refractivity contribution in [2.45, 2.75) is 45.1 Å². The second-order valence-corrected chi connectivity index (χ2v) is 8.13. The van der Waals surface area contributed by atoms with E-state index >= 15 is 0 Å². The quantitative estimate of drug-likeness (QED) is 0.518. The minimum Gasteiger partial charge on any atom is -0.488 e. The molecule has 0 radical (unpaired) electrons. The Balaban J connectivity index is 1.44. The Kier molecular flexibility index (Phi) is 6.44. The summed E-state index contributed by atoms with van der Waals surface area (Å²) in [5.74, 6) is -0.225. The summed E-state index contributed by atoms with van der Waals surface area (Å²) >= 11 is 0. The molecule has 30 heavy (non-hydrogen) atoms. The standard InChI is InChI=1S/C20H27F3N4O3/c1-11(2)18(28)26-17-15-9-27(19(29)14(15)3-5-25-17)6-4-13(24)7-12-8-16(12)30-10-20(21,22)23/h3,5,8,11-13,17,25H,4,6-7,9-10,24H2,1-2H3,(H,26,28). The van der Waals surface area contributed by atoms with E-state index in [-0.39, 0.29) is 29.7 Å². The van der Waals surface area contributed by atoms with Gasteiger partial charge in [0.15, 0.2) is 6.61 Å². The van der Waals surface area contributed by atoms with Crippen LogP contribution in [-0.4, -0.2) is 54.8 Å². The summed E-state index contributed by atoms with van der Waals surface area (Å²) in [5, 5.41) is 5.96. The van der Waals surface area contributed by atoms with Crippen LogP contribution in [0.1, 0.15) is 26.7 Å². The van der Waals surface area contributed by atoms with Crippen LogP contribution in [0.5, 0.6) is 0 Å². The summed E-state index contributed by atoms with van der Waals surface area (Å²) in [4.78, 5) is 26.4. The second-order valence-electron chi connectivity index (χ2n) is 8.13. The maximum Gasteiger partial charge on any atom is 0.422 e. The zero-order valence-corrected chi connectivity index (χ0v) is 17.0. The number of ether oxygens (including phenoxy) is 1. The average Bonchev–Trinajstić information content (AvgIpc) is 3.32. The molecule has 2 heterocycles. The van der Waals surface area contributed by atoms with E-state index in [0.29, 0.717) is 37.3 Å². The van der Waals surface area contributed by atoms with E-state index in [1.54, 1.807) is 37.1 Å². The Bertz CT molecular complexity index is 789. The van der Waals surface area contributed by atoms with Gasteiger partial charge in [-0.3, -0.25) is 9.59 Å². The summed E-state index contributed by atoms with van der Waals surface area (Å²) in [7, 11) is 0. The third-order valence-corrected chi connectivity index (χ3v) is 5.25. The highest BCUT2D eigenvalue weighted by Crippen LogP contribution is 2.35. The van der Waals surface area contributed by atoms with Crippen LogP contribution >= 0.6 is 0 Å². The molecule has 2 aliphatic heterocycles. The molecule has 0 saturated carbocycles. The van der Waals surface area contributed by atoms with Crippen LogP contribution in [0.2, 0.25) is 0 Å². The van der Waals surface area contributed by atoms with Crippen molar-refractivity contribution < 1.29 is 27.5 Å². The van der Waals surface area contributed by atoms with Crippen molar-refractivity contribution in [2.24, 2.45) is 17.6 Å². The average molecular weight is 428 g/mol. The highest BCUT2D eigenvalue weighted by atomic mass is 19.4. The van der Waals surface area contributed by atoms with Crippen LogP contribution in [0.25, 0.3) is 0 Å². The number of rotatable bonds is 9. The van der Waals surface area contributed by atoms with Crippen LogP contribution < -0.4 is 16.4 Å². The van der Waals surface area contributed by atoms with E-state index in [1.807, 2.05) is 0 Å². The zero-order valence-electron chi connectivity index (χ0n) is 17.0. The zero-order chi connectivity index (χ0) is 22.1. The van der Waals surface area contributed by atoms with Crippen molar-refractivity contribution in [2.75, 3.05) is 19.7 Å². The summed E-state index contributed by atoms with van der Waals surface area (Å²) < 4.78 is 41.2. The summed E-state index contributed by atoms with van der Waals surface area (Å²) in [5.41, 5.74) is 7.50. The number of nitrogens with zero attached hydrogens (tertiary/aromatic N) is 1. The monoisotopic (exact) mass is 428 g/mol. The molecule has 7 nitrogen and oxygen atoms in total. The maximum absolute atomic E-state index is 12.7. The SMILES string of the molecule is CC(C)C(=O)NC1NC=CC2=C1CN(CCC(N)CC1C=C1OCC(F)(F)F)C2=O. The van der Waals surface area contributed by atoms with Crippen LogP contribution in [-0.2, 0) is 14.3 Å². The van der Waals surface area contributed by atoms with Gasteiger partial charge in [0, 0.05) is 42.1 Å². The van der Waals surface area contributed by atoms with Gasteiger partial charge < -0.3 is 26.0 Å². The van der Waals surface area contributed by atoms with Gasteiger partial charge in [-0.25, -0.2) is 0 Å². The van der Waals surface area contributed by atoms with E-state index in [1.165, 1.54) is 0 Å². The van der Waals surface area contributed by atoms with E-state index in [2.05, 4.69) is 10.6 Å². The lowest BCUT2D eigenvalue weighted by molar-refractivity contribution is -0.164. The molecule has 0 aromatic rings. The number of hydrogen-bond acceptors (Lipinski definition) is 5. The highest BCUT2D eigenvalue weighted by Gasteiger charge is 2.37. The fraction of sp³-hybridized carbons (Fsp3) is 0.600. The highest BCUT2D eigenvalue weighted by molar-refractivity contribution is 6.00. The second kappa shape index (κ2) is 8.71. The molecule has 3 aliphatic rings. The number of amides is 2. The Morgan fingerprint density at radius 3 is 2.83 bits per heavy atom. The Morgan fingerprint density at radius 2 is 2.17 bits per heavy atom. The predicted molar refractivity (Wildman–Crippen MR) is 103 cm³/mol. The molecule has 10 heteroatoms. The molecule has 3 atom stereocenters. The van der Waals surface area contributed by atoms with Crippen molar-refractivity contribution in [3.63, 3.8) is 0 Å². The number of alkyl halides is 3. The first-order valence-corrected chi connectivity index (χ1v) is 9.97. The van der Waals surface area contributed by atoms with E-state index < -0.39 is 18.9 Å². The Morgan fingerprint density at radius 1 is 1.43 bits per heavy atom. The molecular formula is C20H27F3N4O3. The lowest BCUT2D eigenvalue weighted by Gasteiger charge is -2.25. The molecule has 2 amide bonds. The van der Waals surface area contributed by atoms with E-state index in [4.69, 9.17) is 10.5 Å². The number of carbonyl (C=O) groups is 2. The first kappa shape index (κ1) is 22.2. The van der Waals surface area contributed by atoms with Crippen molar-refractivity contribution >= 4 is 11.8 Å². The third kappa shape index (κ3) is 5.56. The molecule has 3 unspecified atom stereocenters. The predicted octanol–water partition coefficient (Wildman–Crippen LogP) is 1.54. The van der Waals surface area contributed by atoms with Gasteiger partial charge in [-0.2, -0.15) is 13.2 Å². The molecule has 0 fully saturated rings. The number of hydrogen-bond donors (Lipinski definition) is 3. The number of nitrogens with one attached hydrogen (secondary N) is 2. The van der Waals surface area contributed by atoms with Gasteiger partial charge in [0.2, 0.25) is 5.91 Å². The number of dihydropyridines is 1. The molecule has 0 saturated heterocycles. The Labute approximate surface area is 173 Å². The van der Waals surface area contributed by atoms with Gasteiger partial charge in [0.25, 0.3) is 5.91 Å². The summed E-state index contributed by atoms with van der Waals surface area (Å²) in [6.07, 6.45) is 1.21. The number of nitrogens with two attached hydrogens (primary N) is 1. The summed E-state index contributed by atoms with van der Waals surface area (Å²) in [6.45, 7) is 3.12. The summed E-state index contributed by atoms with van der Waals surface area (Å²) in [6, 6.07) is -0.270. The van der Waals surface area contributed by atoms with Crippen LogP contribution in [0.3, 0.4) is 0 Å². The van der Waals surface area contributed by atoms with Gasteiger partial charge in [-0.15, -0.1) is 0 Å². The van der Waals surface area contributed by atoms with Gasteiger partial charge in [0.05, 0.1) is 0 Å². The minimum atomic E-state index is -4.35. The largest absolute Gasteiger partial charge is 0.488 e. The normalized spacial score (nSPS) is 23.9. The first-order valence-electron chi connectivity index (χ1n) is 9.97. The van der Waals surface area contributed by atoms with Crippen LogP contribution in [0.4, 0.5) is 13.2 Å². The molecule has 0 bridgehead atoms. The molecule has 0 aromatic carbocycles. The topological polar surface area (TPSA) is 96.7 Å². The molecule has 0 spiro atoms. The molecule has 3 rings (SSSR count). The number of allylic oxidation sites excluding steroid dienone is 2. The lowest BCUT2D eigenvalue weighted by Crippen LogP contribution is -2.48. The van der Waals surface area contributed by atoms with E-state index in [0.717, 1.165) is 5.57 Å². The van der Waals surface area contributed by atoms with Gasteiger partial charge >= 0.3 is 6.18 Å². The van der Waals surface area contributed by atoms with E-state index in [9.17, 15) is 22.8 Å². The molecule has 166 valence electrons. The number of halogens is 3. The Hall–Kier alpha value is -2.49. The van der Waals surface area contributed by atoms with Gasteiger partial charge in [-0.1, -0.05) is 13.8 Å². The van der Waals surface area contributed by atoms with Crippen molar-refractivity contribution in [3.05, 3.63) is 35.3 Å². The van der Waals surface area contributed by atoms with Gasteiger partial charge in [0.1, 0.15) is 11.9 Å². The van der Waals surface area contributed by atoms with Crippen molar-refractivity contribution in [3.8, 4) is 0 Å². The fourth-order valence-electron chi connectivity index (χ4n) is 3.46. The maximum atomic E-state index is 12.7. The van der Waals surface area contributed by atoms with Crippen LogP contribution in [0, 0.1) is 11.8 Å². The fourth-order valence-corrected chi connectivity index (χ4v) is 3.46. The molecule has 0 aromatic heterocycles. The van der Waals surface area contributed by atoms with Crippen molar-refractivity contribution in [1.82, 2.24) is 15.5 Å². The molecular weight excluding hydrogens is 401 g/mol. The van der Waals surface area contributed by atoms with Crippen molar-refractivity contribution in [1.29, 1.82) is 0 Å². The lowest BCUT2D eigenvalue weighted by atomic mass is 10.0. The van der Waals surface area contributed by atoms with Gasteiger partial charge in [-0.05, 0) is 31.2 Å². The first-order chi connectivity index (χ1) is 14.0. The van der Waals surface area contributed by atoms with Crippen LogP contribution in [0.15, 0.2) is 35.3 Å². The smallest absolute Gasteiger partial charge is 0.422 e. The third-order valence-electron chi connectivity index (χ3n) is 5.25. The number of carbonyl (C=O) groups excluding carboxylic acids is 2.